The standard InChI is InChI=1S/C11H23N/c1-3-4-5-6-11-7-9-12(2)10-8-11/h11H,3-10H2,1-2H3. The van der Waals surface area contributed by atoms with Crippen LogP contribution in [0.3, 0.4) is 0 Å². The third kappa shape index (κ3) is 3.57. The van der Waals surface area contributed by atoms with Crippen LogP contribution in [0.5, 0.6) is 0 Å². The van der Waals surface area contributed by atoms with Crippen LogP contribution in [-0.2, 0) is 0 Å². The van der Waals surface area contributed by atoms with Crippen molar-refractivity contribution in [2.45, 2.75) is 45.4 Å². The molecule has 0 radical (unpaired) electrons. The molecule has 0 aromatic carbocycles. The van der Waals surface area contributed by atoms with Crippen molar-refractivity contribution in [3.05, 3.63) is 0 Å². The minimum atomic E-state index is 1.05. The molecule has 0 atom stereocenters. The van der Waals surface area contributed by atoms with Crippen molar-refractivity contribution in [3.8, 4) is 0 Å². The van der Waals surface area contributed by atoms with E-state index in [-0.39, 0.29) is 0 Å². The highest BCUT2D eigenvalue weighted by atomic mass is 15.1. The fourth-order valence-corrected chi connectivity index (χ4v) is 2.03. The van der Waals surface area contributed by atoms with Gasteiger partial charge in [0.2, 0.25) is 0 Å². The second-order valence-electron chi connectivity index (χ2n) is 4.24. The van der Waals surface area contributed by atoms with Crippen LogP contribution in [0.1, 0.15) is 45.4 Å². The molecular formula is C11H23N. The highest BCUT2D eigenvalue weighted by molar-refractivity contribution is 4.69. The maximum absolute atomic E-state index is 2.45. The summed E-state index contributed by atoms with van der Waals surface area (Å²) in [5.41, 5.74) is 0. The molecule has 0 aromatic heterocycles. The van der Waals surface area contributed by atoms with Gasteiger partial charge in [-0.3, -0.25) is 0 Å². The molecule has 0 saturated carbocycles. The molecule has 1 saturated heterocycles. The van der Waals surface area contributed by atoms with Crippen molar-refractivity contribution in [1.29, 1.82) is 0 Å². The van der Waals surface area contributed by atoms with E-state index in [1.54, 1.807) is 0 Å². The molecule has 12 heavy (non-hydrogen) atoms. The van der Waals surface area contributed by atoms with Crippen LogP contribution in [-0.4, -0.2) is 25.0 Å². The third-order valence-corrected chi connectivity index (χ3v) is 3.05. The van der Waals surface area contributed by atoms with E-state index in [0.717, 1.165) is 5.92 Å². The highest BCUT2D eigenvalue weighted by Gasteiger charge is 2.15. The first kappa shape index (κ1) is 10.0. The van der Waals surface area contributed by atoms with Crippen LogP contribution < -0.4 is 0 Å². The summed E-state index contributed by atoms with van der Waals surface area (Å²) in [6.45, 7) is 4.95. The Morgan fingerprint density at radius 3 is 2.42 bits per heavy atom. The number of hydrogen-bond donors (Lipinski definition) is 0. The normalized spacial score (nSPS) is 21.5. The Morgan fingerprint density at radius 2 is 1.83 bits per heavy atom. The topological polar surface area (TPSA) is 3.24 Å². The molecule has 1 aliphatic rings. The quantitative estimate of drug-likeness (QED) is 0.585. The van der Waals surface area contributed by atoms with E-state index in [1.807, 2.05) is 0 Å². The Morgan fingerprint density at radius 1 is 1.17 bits per heavy atom. The van der Waals surface area contributed by atoms with Crippen molar-refractivity contribution < 1.29 is 0 Å². The number of likely N-dealkylation sites (tertiary alicyclic amines) is 1. The highest BCUT2D eigenvalue weighted by Crippen LogP contribution is 2.21. The van der Waals surface area contributed by atoms with Crippen LogP contribution in [0.2, 0.25) is 0 Å². The SMILES string of the molecule is CCCCCC1CCN(C)CC1. The second kappa shape index (κ2) is 5.58. The first-order chi connectivity index (χ1) is 5.83. The van der Waals surface area contributed by atoms with Gasteiger partial charge in [-0.25, -0.2) is 0 Å². The zero-order valence-electron chi connectivity index (χ0n) is 8.68. The molecule has 0 aromatic rings. The molecule has 1 nitrogen and oxygen atoms in total. The van der Waals surface area contributed by atoms with E-state index in [2.05, 4.69) is 18.9 Å². The van der Waals surface area contributed by atoms with E-state index >= 15 is 0 Å². The molecule has 0 N–H and O–H groups in total. The molecule has 0 bridgehead atoms. The number of rotatable bonds is 4. The van der Waals surface area contributed by atoms with Crippen LogP contribution in [0.15, 0.2) is 0 Å². The van der Waals surface area contributed by atoms with Crippen molar-refractivity contribution in [3.63, 3.8) is 0 Å². The van der Waals surface area contributed by atoms with Gasteiger partial charge in [-0.05, 0) is 38.9 Å². The summed E-state index contributed by atoms with van der Waals surface area (Å²) < 4.78 is 0. The molecule has 1 heteroatoms. The first-order valence-corrected chi connectivity index (χ1v) is 5.51. The molecule has 1 heterocycles. The van der Waals surface area contributed by atoms with Gasteiger partial charge in [0.25, 0.3) is 0 Å². The molecular weight excluding hydrogens is 146 g/mol. The van der Waals surface area contributed by atoms with E-state index in [0.29, 0.717) is 0 Å². The molecule has 1 fully saturated rings. The Bertz CT molecular complexity index is 104. The van der Waals surface area contributed by atoms with Gasteiger partial charge in [0.15, 0.2) is 0 Å². The van der Waals surface area contributed by atoms with Gasteiger partial charge in [0.1, 0.15) is 0 Å². The summed E-state index contributed by atoms with van der Waals surface area (Å²) in [4.78, 5) is 2.45. The average Bonchev–Trinajstić information content (AvgIpc) is 2.09. The van der Waals surface area contributed by atoms with Gasteiger partial charge in [0.05, 0.1) is 0 Å². The maximum Gasteiger partial charge on any atom is -0.00191 e. The summed E-state index contributed by atoms with van der Waals surface area (Å²) in [6, 6.07) is 0. The van der Waals surface area contributed by atoms with Crippen molar-refractivity contribution in [2.24, 2.45) is 5.92 Å². The Balaban J connectivity index is 2.01. The predicted molar refractivity (Wildman–Crippen MR) is 54.4 cm³/mol. The van der Waals surface area contributed by atoms with Crippen molar-refractivity contribution >= 4 is 0 Å². The summed E-state index contributed by atoms with van der Waals surface area (Å²) in [6.07, 6.45) is 8.64. The lowest BCUT2D eigenvalue weighted by atomic mass is 9.91. The third-order valence-electron chi connectivity index (χ3n) is 3.05. The van der Waals surface area contributed by atoms with Crippen molar-refractivity contribution in [1.82, 2.24) is 4.90 Å². The Kier molecular flexibility index (Phi) is 4.67. The van der Waals surface area contributed by atoms with Gasteiger partial charge in [-0.1, -0.05) is 32.6 Å². The minimum absolute atomic E-state index is 1.05. The van der Waals surface area contributed by atoms with Gasteiger partial charge < -0.3 is 4.90 Å². The summed E-state index contributed by atoms with van der Waals surface area (Å²) >= 11 is 0. The van der Waals surface area contributed by atoms with E-state index < -0.39 is 0 Å². The lowest BCUT2D eigenvalue weighted by molar-refractivity contribution is 0.209. The molecule has 1 rings (SSSR count). The van der Waals surface area contributed by atoms with Gasteiger partial charge in [0, 0.05) is 0 Å². The smallest absolute Gasteiger partial charge is 0.00191 e. The van der Waals surface area contributed by atoms with Gasteiger partial charge in [-0.2, -0.15) is 0 Å². The zero-order valence-corrected chi connectivity index (χ0v) is 8.68. The second-order valence-corrected chi connectivity index (χ2v) is 4.24. The number of unbranched alkanes of at least 4 members (excludes halogenated alkanes) is 2. The minimum Gasteiger partial charge on any atom is -0.306 e. The van der Waals surface area contributed by atoms with Crippen LogP contribution in [0.25, 0.3) is 0 Å². The molecule has 72 valence electrons. The molecule has 0 amide bonds. The molecule has 0 spiro atoms. The Hall–Kier alpha value is -0.0400. The predicted octanol–water partition coefficient (Wildman–Crippen LogP) is 2.91. The first-order valence-electron chi connectivity index (χ1n) is 5.51. The van der Waals surface area contributed by atoms with E-state index in [4.69, 9.17) is 0 Å². The van der Waals surface area contributed by atoms with Crippen molar-refractivity contribution in [2.75, 3.05) is 20.1 Å². The number of piperidine rings is 1. The monoisotopic (exact) mass is 169 g/mol. The number of hydrogen-bond acceptors (Lipinski definition) is 1. The fraction of sp³-hybridized carbons (Fsp3) is 1.00. The fourth-order valence-electron chi connectivity index (χ4n) is 2.03. The lowest BCUT2D eigenvalue weighted by Gasteiger charge is -2.28. The largest absolute Gasteiger partial charge is 0.306 e. The molecule has 0 aliphatic carbocycles. The van der Waals surface area contributed by atoms with E-state index in [9.17, 15) is 0 Å². The maximum atomic E-state index is 2.45. The van der Waals surface area contributed by atoms with Crippen LogP contribution in [0.4, 0.5) is 0 Å². The summed E-state index contributed by atoms with van der Waals surface area (Å²) in [5.74, 6) is 1.05. The Labute approximate surface area is 77.1 Å². The lowest BCUT2D eigenvalue weighted by Crippen LogP contribution is -2.30. The summed E-state index contributed by atoms with van der Waals surface area (Å²) in [7, 11) is 2.24. The summed E-state index contributed by atoms with van der Waals surface area (Å²) in [5, 5.41) is 0. The average molecular weight is 169 g/mol. The molecule has 1 aliphatic heterocycles. The zero-order chi connectivity index (χ0) is 8.81. The molecule has 0 unspecified atom stereocenters. The van der Waals surface area contributed by atoms with Gasteiger partial charge >= 0.3 is 0 Å². The van der Waals surface area contributed by atoms with Crippen LogP contribution >= 0.6 is 0 Å². The van der Waals surface area contributed by atoms with Gasteiger partial charge in [-0.15, -0.1) is 0 Å². The number of nitrogens with zero attached hydrogens (tertiary/aromatic N) is 1. The van der Waals surface area contributed by atoms with E-state index in [1.165, 1.54) is 51.6 Å². The van der Waals surface area contributed by atoms with Crippen LogP contribution in [0, 0.1) is 5.92 Å².